The Morgan fingerprint density at radius 1 is 1.32 bits per heavy atom. The summed E-state index contributed by atoms with van der Waals surface area (Å²) in [5.74, 6) is 2.58. The summed E-state index contributed by atoms with van der Waals surface area (Å²) in [6.07, 6.45) is 2.97. The van der Waals surface area contributed by atoms with Crippen molar-refractivity contribution in [2.24, 2.45) is 11.8 Å². The van der Waals surface area contributed by atoms with E-state index < -0.39 is 0 Å². The van der Waals surface area contributed by atoms with Gasteiger partial charge in [-0.1, -0.05) is 6.92 Å². The molecule has 1 fully saturated rings. The molecule has 6 heteroatoms. The Kier molecular flexibility index (Phi) is 9.08. The first kappa shape index (κ1) is 21.6. The fourth-order valence-corrected chi connectivity index (χ4v) is 3.38. The minimum atomic E-state index is -0.126. The number of rotatable bonds is 7. The number of halogens is 1. The average molecular weight is 371 g/mol. The van der Waals surface area contributed by atoms with Crippen molar-refractivity contribution in [1.82, 2.24) is 10.6 Å². The molecule has 1 aromatic carbocycles. The van der Waals surface area contributed by atoms with Gasteiger partial charge in [0.2, 0.25) is 5.91 Å². The summed E-state index contributed by atoms with van der Waals surface area (Å²) in [5.41, 5.74) is 0.928. The lowest BCUT2D eigenvalue weighted by atomic mass is 9.85. The van der Waals surface area contributed by atoms with Crippen molar-refractivity contribution in [2.75, 3.05) is 27.3 Å². The smallest absolute Gasteiger partial charge is 0.220 e. The molecule has 1 aromatic rings. The van der Waals surface area contributed by atoms with Gasteiger partial charge in [-0.05, 0) is 62.9 Å². The summed E-state index contributed by atoms with van der Waals surface area (Å²) < 4.78 is 10.7. The van der Waals surface area contributed by atoms with E-state index in [9.17, 15) is 4.79 Å². The largest absolute Gasteiger partial charge is 0.497 e. The summed E-state index contributed by atoms with van der Waals surface area (Å²) in [6, 6.07) is 5.51. The molecule has 0 spiro atoms. The normalized spacial score (nSPS) is 19.3. The summed E-state index contributed by atoms with van der Waals surface area (Å²) >= 11 is 0. The Hall–Kier alpha value is -1.46. The molecule has 3 unspecified atom stereocenters. The van der Waals surface area contributed by atoms with Crippen molar-refractivity contribution in [3.8, 4) is 11.5 Å². The van der Waals surface area contributed by atoms with Crippen molar-refractivity contribution in [3.63, 3.8) is 0 Å². The Morgan fingerprint density at radius 3 is 2.68 bits per heavy atom. The van der Waals surface area contributed by atoms with Gasteiger partial charge in [0.25, 0.3) is 0 Å². The molecular formula is C19H31ClN2O3. The van der Waals surface area contributed by atoms with Crippen LogP contribution in [-0.2, 0) is 4.79 Å². The molecule has 1 amide bonds. The maximum Gasteiger partial charge on any atom is 0.220 e. The zero-order chi connectivity index (χ0) is 17.5. The standard InChI is InChI=1S/C19H30N2O3.ClH/c1-13(15-6-5-9-20-12-15)10-19(22)21-14(2)17-11-16(23-3)7-8-18(17)24-4;/h7-8,11,13-15,20H,5-6,9-10,12H2,1-4H3,(H,21,22);1H. The quantitative estimate of drug-likeness (QED) is 0.772. The first-order valence-electron chi connectivity index (χ1n) is 8.77. The molecule has 0 aromatic heterocycles. The number of hydrogen-bond acceptors (Lipinski definition) is 4. The number of piperidine rings is 1. The lowest BCUT2D eigenvalue weighted by Gasteiger charge is -2.28. The second-order valence-corrected chi connectivity index (χ2v) is 6.68. The number of carbonyl (C=O) groups excluding carboxylic acids is 1. The molecule has 1 aliphatic heterocycles. The zero-order valence-electron chi connectivity index (χ0n) is 15.6. The van der Waals surface area contributed by atoms with E-state index in [4.69, 9.17) is 9.47 Å². The van der Waals surface area contributed by atoms with Crippen LogP contribution >= 0.6 is 12.4 Å². The molecule has 1 aliphatic rings. The molecule has 5 nitrogen and oxygen atoms in total. The maximum absolute atomic E-state index is 12.4. The minimum absolute atomic E-state index is 0. The van der Waals surface area contributed by atoms with Crippen LogP contribution in [-0.4, -0.2) is 33.2 Å². The highest BCUT2D eigenvalue weighted by molar-refractivity contribution is 5.85. The van der Waals surface area contributed by atoms with E-state index in [0.717, 1.165) is 30.2 Å². The summed E-state index contributed by atoms with van der Waals surface area (Å²) in [6.45, 7) is 6.27. The van der Waals surface area contributed by atoms with Crippen molar-refractivity contribution in [3.05, 3.63) is 23.8 Å². The Morgan fingerprint density at radius 2 is 2.08 bits per heavy atom. The van der Waals surface area contributed by atoms with E-state index in [1.807, 2.05) is 25.1 Å². The number of benzene rings is 1. The summed E-state index contributed by atoms with van der Waals surface area (Å²) in [7, 11) is 3.27. The van der Waals surface area contributed by atoms with Crippen LogP contribution in [0.3, 0.4) is 0 Å². The predicted octanol–water partition coefficient (Wildman–Crippen LogP) is 3.33. The third kappa shape index (κ3) is 6.08. The molecule has 0 aliphatic carbocycles. The van der Waals surface area contributed by atoms with Crippen molar-refractivity contribution in [1.29, 1.82) is 0 Å². The molecular weight excluding hydrogens is 340 g/mol. The molecule has 1 heterocycles. The highest BCUT2D eigenvalue weighted by Crippen LogP contribution is 2.29. The van der Waals surface area contributed by atoms with Gasteiger partial charge in [0.15, 0.2) is 0 Å². The van der Waals surface area contributed by atoms with E-state index in [2.05, 4.69) is 17.6 Å². The van der Waals surface area contributed by atoms with Gasteiger partial charge in [-0.2, -0.15) is 0 Å². The monoisotopic (exact) mass is 370 g/mol. The fraction of sp³-hybridized carbons (Fsp3) is 0.632. The first-order valence-corrected chi connectivity index (χ1v) is 8.77. The van der Waals surface area contributed by atoms with Crippen molar-refractivity contribution >= 4 is 18.3 Å². The summed E-state index contributed by atoms with van der Waals surface area (Å²) in [4.78, 5) is 12.4. The second kappa shape index (κ2) is 10.5. The highest BCUT2D eigenvalue weighted by atomic mass is 35.5. The molecule has 1 saturated heterocycles. The second-order valence-electron chi connectivity index (χ2n) is 6.68. The van der Waals surface area contributed by atoms with E-state index in [1.54, 1.807) is 14.2 Å². The predicted molar refractivity (Wildman–Crippen MR) is 103 cm³/mol. The number of carbonyl (C=O) groups is 1. The topological polar surface area (TPSA) is 59.6 Å². The van der Waals surface area contributed by atoms with E-state index in [1.165, 1.54) is 12.8 Å². The molecule has 2 rings (SSSR count). The van der Waals surface area contributed by atoms with Crippen LogP contribution in [0, 0.1) is 11.8 Å². The lowest BCUT2D eigenvalue weighted by Crippen LogP contribution is -2.36. The lowest BCUT2D eigenvalue weighted by molar-refractivity contribution is -0.123. The van der Waals surface area contributed by atoms with E-state index in [-0.39, 0.29) is 24.4 Å². The third-order valence-corrected chi connectivity index (χ3v) is 4.93. The number of methoxy groups -OCH3 is 2. The van der Waals surface area contributed by atoms with Gasteiger partial charge in [0.1, 0.15) is 11.5 Å². The molecule has 0 bridgehead atoms. The fourth-order valence-electron chi connectivity index (χ4n) is 3.38. The minimum Gasteiger partial charge on any atom is -0.497 e. The van der Waals surface area contributed by atoms with Gasteiger partial charge in [-0.15, -0.1) is 12.4 Å². The molecule has 25 heavy (non-hydrogen) atoms. The van der Waals surface area contributed by atoms with Gasteiger partial charge in [-0.3, -0.25) is 4.79 Å². The van der Waals surface area contributed by atoms with Crippen LogP contribution in [0.1, 0.15) is 44.7 Å². The van der Waals surface area contributed by atoms with Crippen LogP contribution in [0.4, 0.5) is 0 Å². The number of nitrogens with one attached hydrogen (secondary N) is 2. The van der Waals surface area contributed by atoms with Crippen LogP contribution < -0.4 is 20.1 Å². The number of hydrogen-bond donors (Lipinski definition) is 2. The van der Waals surface area contributed by atoms with Crippen LogP contribution in [0.5, 0.6) is 11.5 Å². The third-order valence-electron chi connectivity index (χ3n) is 4.93. The molecule has 0 radical (unpaired) electrons. The average Bonchev–Trinajstić information content (AvgIpc) is 2.61. The zero-order valence-corrected chi connectivity index (χ0v) is 16.4. The Labute approximate surface area is 157 Å². The van der Waals surface area contributed by atoms with Gasteiger partial charge >= 0.3 is 0 Å². The van der Waals surface area contributed by atoms with Gasteiger partial charge < -0.3 is 20.1 Å². The SMILES string of the molecule is COc1ccc(OC)c(C(C)NC(=O)CC(C)C2CCCNC2)c1.Cl. The van der Waals surface area contributed by atoms with Crippen molar-refractivity contribution < 1.29 is 14.3 Å². The summed E-state index contributed by atoms with van der Waals surface area (Å²) in [5, 5.41) is 6.52. The molecule has 0 saturated carbocycles. The van der Waals surface area contributed by atoms with E-state index in [0.29, 0.717) is 18.3 Å². The highest BCUT2D eigenvalue weighted by Gasteiger charge is 2.23. The van der Waals surface area contributed by atoms with Crippen LogP contribution in [0.2, 0.25) is 0 Å². The number of amides is 1. The van der Waals surface area contributed by atoms with E-state index >= 15 is 0 Å². The van der Waals surface area contributed by atoms with Crippen molar-refractivity contribution in [2.45, 2.75) is 39.2 Å². The van der Waals surface area contributed by atoms with Gasteiger partial charge in [-0.25, -0.2) is 0 Å². The Balaban J connectivity index is 0.00000312. The first-order chi connectivity index (χ1) is 11.5. The maximum atomic E-state index is 12.4. The molecule has 142 valence electrons. The van der Waals surface area contributed by atoms with Crippen LogP contribution in [0.25, 0.3) is 0 Å². The van der Waals surface area contributed by atoms with Gasteiger partial charge in [0, 0.05) is 12.0 Å². The number of ether oxygens (including phenoxy) is 2. The Bertz CT molecular complexity index is 547. The molecule has 3 atom stereocenters. The van der Waals surface area contributed by atoms with Crippen LogP contribution in [0.15, 0.2) is 18.2 Å². The van der Waals surface area contributed by atoms with Gasteiger partial charge in [0.05, 0.1) is 20.3 Å². The molecule has 2 N–H and O–H groups in total.